The van der Waals surface area contributed by atoms with E-state index in [0.717, 1.165) is 11.3 Å². The van der Waals surface area contributed by atoms with Crippen molar-refractivity contribution in [3.8, 4) is 0 Å². The van der Waals surface area contributed by atoms with Gasteiger partial charge in [-0.05, 0) is 18.2 Å². The third kappa shape index (κ3) is 2.95. The molecule has 0 aliphatic carbocycles. The number of halogens is 1. The Labute approximate surface area is 133 Å². The third-order valence-electron chi connectivity index (χ3n) is 2.92. The zero-order valence-corrected chi connectivity index (χ0v) is 12.5. The molecule has 1 heterocycles. The van der Waals surface area contributed by atoms with E-state index in [1.54, 1.807) is 12.1 Å². The molecule has 0 fully saturated rings. The molecule has 114 valence electrons. The van der Waals surface area contributed by atoms with Gasteiger partial charge < -0.3 is 15.9 Å². The lowest BCUT2D eigenvalue weighted by Gasteiger charge is -2.03. The summed E-state index contributed by atoms with van der Waals surface area (Å²) in [6, 6.07) is 7.52. The van der Waals surface area contributed by atoms with Gasteiger partial charge in [-0.3, -0.25) is 14.4 Å². The molecule has 8 heteroatoms. The van der Waals surface area contributed by atoms with Gasteiger partial charge >= 0.3 is 11.9 Å². The van der Waals surface area contributed by atoms with Crippen LogP contribution in [0.1, 0.15) is 26.7 Å². The second-order valence-electron chi connectivity index (χ2n) is 4.35. The normalized spacial score (nSPS) is 10.6. The van der Waals surface area contributed by atoms with Crippen molar-refractivity contribution in [3.63, 3.8) is 0 Å². The molecule has 0 atom stereocenters. The van der Waals surface area contributed by atoms with E-state index in [4.69, 9.17) is 27.5 Å². The van der Waals surface area contributed by atoms with Crippen LogP contribution < -0.4 is 5.73 Å². The Hall–Kier alpha value is -2.38. The SMILES string of the molecule is Nc1sc(C(C(=O)O)C(=O)O)cc1C(=O)c1ccccc1Cl. The maximum Gasteiger partial charge on any atom is 0.323 e. The number of hydrogen-bond acceptors (Lipinski definition) is 5. The van der Waals surface area contributed by atoms with E-state index >= 15 is 0 Å². The fourth-order valence-electron chi connectivity index (χ4n) is 1.88. The topological polar surface area (TPSA) is 118 Å². The standard InChI is InChI=1S/C14H10ClNO5S/c15-8-4-2-1-3-6(8)11(17)7-5-9(22-12(7)16)10(13(18)19)14(20)21/h1-5,10H,16H2,(H,18,19)(H,20,21). The minimum Gasteiger partial charge on any atom is -0.480 e. The first-order valence-electron chi connectivity index (χ1n) is 5.97. The fraction of sp³-hybridized carbons (Fsp3) is 0.0714. The molecule has 0 radical (unpaired) electrons. The fourth-order valence-corrected chi connectivity index (χ4v) is 3.12. The zero-order valence-electron chi connectivity index (χ0n) is 10.9. The lowest BCUT2D eigenvalue weighted by molar-refractivity contribution is -0.149. The number of rotatable bonds is 5. The number of aliphatic carboxylic acids is 2. The predicted molar refractivity (Wildman–Crippen MR) is 81.6 cm³/mol. The molecule has 0 spiro atoms. The minimum atomic E-state index is -1.76. The molecule has 2 aromatic rings. The Morgan fingerprint density at radius 2 is 1.68 bits per heavy atom. The molecule has 0 aliphatic rings. The molecule has 0 unspecified atom stereocenters. The Morgan fingerprint density at radius 3 is 2.23 bits per heavy atom. The highest BCUT2D eigenvalue weighted by Gasteiger charge is 2.31. The minimum absolute atomic E-state index is 0.0205. The first-order chi connectivity index (χ1) is 10.3. The summed E-state index contributed by atoms with van der Waals surface area (Å²) in [6.45, 7) is 0. The molecule has 0 saturated heterocycles. The summed E-state index contributed by atoms with van der Waals surface area (Å²) in [5, 5.41) is 18.2. The van der Waals surface area contributed by atoms with Crippen LogP contribution in [0.2, 0.25) is 5.02 Å². The number of benzene rings is 1. The Bertz CT molecular complexity index is 756. The van der Waals surface area contributed by atoms with E-state index in [1.165, 1.54) is 18.2 Å². The molecule has 0 amide bonds. The summed E-state index contributed by atoms with van der Waals surface area (Å²) in [4.78, 5) is 34.5. The lowest BCUT2D eigenvalue weighted by atomic mass is 10.0. The van der Waals surface area contributed by atoms with Crippen LogP contribution >= 0.6 is 22.9 Å². The number of carboxylic acid groups (broad SMARTS) is 2. The maximum absolute atomic E-state index is 12.4. The maximum atomic E-state index is 12.4. The quantitative estimate of drug-likeness (QED) is 0.569. The third-order valence-corrected chi connectivity index (χ3v) is 4.28. The van der Waals surface area contributed by atoms with E-state index in [9.17, 15) is 14.4 Å². The lowest BCUT2D eigenvalue weighted by Crippen LogP contribution is -2.19. The first kappa shape index (κ1) is 16.0. The molecule has 0 bridgehead atoms. The van der Waals surface area contributed by atoms with Gasteiger partial charge in [0.05, 0.1) is 15.6 Å². The van der Waals surface area contributed by atoms with Crippen molar-refractivity contribution in [3.05, 3.63) is 51.4 Å². The highest BCUT2D eigenvalue weighted by atomic mass is 35.5. The highest BCUT2D eigenvalue weighted by molar-refractivity contribution is 7.16. The van der Waals surface area contributed by atoms with Gasteiger partial charge in [-0.25, -0.2) is 0 Å². The van der Waals surface area contributed by atoms with Crippen molar-refractivity contribution in [1.82, 2.24) is 0 Å². The van der Waals surface area contributed by atoms with Crippen LogP contribution in [0, 0.1) is 0 Å². The Balaban J connectivity index is 2.46. The van der Waals surface area contributed by atoms with Crippen LogP contribution in [0.25, 0.3) is 0 Å². The van der Waals surface area contributed by atoms with Gasteiger partial charge in [-0.1, -0.05) is 23.7 Å². The van der Waals surface area contributed by atoms with Crippen molar-refractivity contribution in [2.75, 3.05) is 5.73 Å². The number of anilines is 1. The van der Waals surface area contributed by atoms with E-state index < -0.39 is 23.6 Å². The summed E-state index contributed by atoms with van der Waals surface area (Å²) in [7, 11) is 0. The molecule has 0 aliphatic heterocycles. The number of carboxylic acids is 2. The number of carbonyl (C=O) groups excluding carboxylic acids is 1. The number of ketones is 1. The zero-order chi connectivity index (χ0) is 16.4. The van der Waals surface area contributed by atoms with Gasteiger partial charge in [0.1, 0.15) is 0 Å². The Morgan fingerprint density at radius 1 is 1.09 bits per heavy atom. The van der Waals surface area contributed by atoms with E-state index in [-0.39, 0.29) is 26.0 Å². The molecule has 1 aromatic carbocycles. The number of thiophene rings is 1. The van der Waals surface area contributed by atoms with Gasteiger partial charge in [0.25, 0.3) is 0 Å². The predicted octanol–water partition coefficient (Wildman–Crippen LogP) is 2.47. The average molecular weight is 340 g/mol. The smallest absolute Gasteiger partial charge is 0.323 e. The number of nitrogen functional groups attached to an aromatic ring is 1. The monoisotopic (exact) mass is 339 g/mol. The molecule has 4 N–H and O–H groups in total. The van der Waals surface area contributed by atoms with Crippen LogP contribution in [0.5, 0.6) is 0 Å². The van der Waals surface area contributed by atoms with Crippen LogP contribution in [-0.4, -0.2) is 27.9 Å². The molecule has 1 aromatic heterocycles. The van der Waals surface area contributed by atoms with E-state index in [0.29, 0.717) is 0 Å². The molecule has 2 rings (SSSR count). The number of carbonyl (C=O) groups is 3. The number of hydrogen-bond donors (Lipinski definition) is 3. The van der Waals surface area contributed by atoms with Gasteiger partial charge in [0.15, 0.2) is 11.7 Å². The molecular formula is C14H10ClNO5S. The second-order valence-corrected chi connectivity index (χ2v) is 5.87. The molecular weight excluding hydrogens is 330 g/mol. The molecule has 22 heavy (non-hydrogen) atoms. The summed E-state index contributed by atoms with van der Waals surface area (Å²) in [5.74, 6) is -5.30. The van der Waals surface area contributed by atoms with E-state index in [2.05, 4.69) is 0 Å². The summed E-state index contributed by atoms with van der Waals surface area (Å²) in [6.07, 6.45) is 0. The van der Waals surface area contributed by atoms with Gasteiger partial charge in [-0.15, -0.1) is 11.3 Å². The highest BCUT2D eigenvalue weighted by Crippen LogP contribution is 2.33. The van der Waals surface area contributed by atoms with Crippen LogP contribution in [0.15, 0.2) is 30.3 Å². The van der Waals surface area contributed by atoms with Crippen LogP contribution in [-0.2, 0) is 9.59 Å². The average Bonchev–Trinajstić information content (AvgIpc) is 2.79. The molecule has 0 saturated carbocycles. The second kappa shape index (κ2) is 6.17. The van der Waals surface area contributed by atoms with Crippen LogP contribution in [0.4, 0.5) is 5.00 Å². The Kier molecular flexibility index (Phi) is 4.48. The van der Waals surface area contributed by atoms with Crippen molar-refractivity contribution in [1.29, 1.82) is 0 Å². The summed E-state index contributed by atoms with van der Waals surface area (Å²) in [5.41, 5.74) is 5.99. The van der Waals surface area contributed by atoms with Crippen LogP contribution in [0.3, 0.4) is 0 Å². The molecule has 6 nitrogen and oxygen atoms in total. The summed E-state index contributed by atoms with van der Waals surface area (Å²) < 4.78 is 0. The first-order valence-corrected chi connectivity index (χ1v) is 7.16. The van der Waals surface area contributed by atoms with Crippen molar-refractivity contribution in [2.24, 2.45) is 0 Å². The van der Waals surface area contributed by atoms with Crippen molar-refractivity contribution in [2.45, 2.75) is 5.92 Å². The summed E-state index contributed by atoms with van der Waals surface area (Å²) >= 11 is 6.71. The van der Waals surface area contributed by atoms with Gasteiger partial charge in [0, 0.05) is 10.4 Å². The largest absolute Gasteiger partial charge is 0.480 e. The van der Waals surface area contributed by atoms with Gasteiger partial charge in [-0.2, -0.15) is 0 Å². The number of nitrogens with two attached hydrogens (primary N) is 1. The van der Waals surface area contributed by atoms with Gasteiger partial charge in [0.2, 0.25) is 0 Å². The van der Waals surface area contributed by atoms with E-state index in [1.807, 2.05) is 0 Å². The van der Waals surface area contributed by atoms with Crippen molar-refractivity contribution >= 4 is 45.7 Å². The van der Waals surface area contributed by atoms with Crippen molar-refractivity contribution < 1.29 is 24.6 Å².